The predicted octanol–water partition coefficient (Wildman–Crippen LogP) is 3.08. The van der Waals surface area contributed by atoms with Crippen LogP contribution in [0.15, 0.2) is 47.1 Å². The molecule has 1 heterocycles. The number of hydrogen-bond acceptors (Lipinski definition) is 2. The van der Waals surface area contributed by atoms with Crippen molar-refractivity contribution in [2.75, 3.05) is 0 Å². The third kappa shape index (κ3) is 2.96. The van der Waals surface area contributed by atoms with Crippen LogP contribution in [0.2, 0.25) is 0 Å². The second kappa shape index (κ2) is 5.78. The Hall–Kier alpha value is -1.68. The predicted molar refractivity (Wildman–Crippen MR) is 74.3 cm³/mol. The van der Waals surface area contributed by atoms with Crippen molar-refractivity contribution in [1.82, 2.24) is 10.3 Å². The first-order valence-electron chi connectivity index (χ1n) is 5.61. The van der Waals surface area contributed by atoms with Gasteiger partial charge in [0, 0.05) is 17.2 Å². The molecule has 0 aliphatic heterocycles. The number of rotatable bonds is 3. The van der Waals surface area contributed by atoms with Crippen LogP contribution in [0.25, 0.3) is 0 Å². The molecule has 0 radical (unpaired) electrons. The molecule has 3 nitrogen and oxygen atoms in total. The minimum atomic E-state index is -0.161. The van der Waals surface area contributed by atoms with Gasteiger partial charge in [0.1, 0.15) is 5.69 Å². The Morgan fingerprint density at radius 2 is 2.11 bits per heavy atom. The first kappa shape index (κ1) is 12.8. The minimum absolute atomic E-state index is 0.161. The lowest BCUT2D eigenvalue weighted by Gasteiger charge is -2.09. The van der Waals surface area contributed by atoms with Gasteiger partial charge in [-0.15, -0.1) is 0 Å². The van der Waals surface area contributed by atoms with E-state index in [1.807, 2.05) is 25.1 Å². The number of benzene rings is 1. The molecule has 0 bridgehead atoms. The normalized spacial score (nSPS) is 10.1. The standard InChI is InChI=1S/C14H13BrN2O/c1-10-5-4-6-12(15)11(10)9-17-14(18)13-7-2-3-8-16-13/h2-8H,9H2,1H3,(H,17,18). The summed E-state index contributed by atoms with van der Waals surface area (Å²) in [6, 6.07) is 11.2. The lowest BCUT2D eigenvalue weighted by molar-refractivity contribution is 0.0946. The summed E-state index contributed by atoms with van der Waals surface area (Å²) in [6.45, 7) is 2.51. The van der Waals surface area contributed by atoms with Crippen molar-refractivity contribution in [2.45, 2.75) is 13.5 Å². The van der Waals surface area contributed by atoms with Crippen LogP contribution in [0.3, 0.4) is 0 Å². The van der Waals surface area contributed by atoms with Gasteiger partial charge in [0.2, 0.25) is 0 Å². The zero-order valence-corrected chi connectivity index (χ0v) is 11.6. The van der Waals surface area contributed by atoms with Crippen molar-refractivity contribution >= 4 is 21.8 Å². The third-order valence-electron chi connectivity index (χ3n) is 2.68. The molecule has 0 spiro atoms. The number of aromatic nitrogens is 1. The van der Waals surface area contributed by atoms with E-state index in [0.29, 0.717) is 12.2 Å². The summed E-state index contributed by atoms with van der Waals surface area (Å²) in [5, 5.41) is 2.87. The summed E-state index contributed by atoms with van der Waals surface area (Å²) in [5.74, 6) is -0.161. The van der Waals surface area contributed by atoms with Crippen LogP contribution in [0.1, 0.15) is 21.6 Å². The molecule has 0 aliphatic carbocycles. The molecule has 0 unspecified atom stereocenters. The van der Waals surface area contributed by atoms with Crippen LogP contribution in [0.5, 0.6) is 0 Å². The fourth-order valence-electron chi connectivity index (χ4n) is 1.65. The Morgan fingerprint density at radius 3 is 2.78 bits per heavy atom. The first-order chi connectivity index (χ1) is 8.68. The van der Waals surface area contributed by atoms with Crippen LogP contribution in [0.4, 0.5) is 0 Å². The van der Waals surface area contributed by atoms with Crippen LogP contribution in [-0.4, -0.2) is 10.9 Å². The van der Waals surface area contributed by atoms with Crippen molar-refractivity contribution in [2.24, 2.45) is 0 Å². The number of nitrogens with zero attached hydrogens (tertiary/aromatic N) is 1. The van der Waals surface area contributed by atoms with E-state index in [2.05, 4.69) is 26.2 Å². The van der Waals surface area contributed by atoms with Crippen LogP contribution < -0.4 is 5.32 Å². The van der Waals surface area contributed by atoms with Crippen LogP contribution in [-0.2, 0) is 6.54 Å². The smallest absolute Gasteiger partial charge is 0.270 e. The van der Waals surface area contributed by atoms with E-state index in [0.717, 1.165) is 15.6 Å². The van der Waals surface area contributed by atoms with E-state index < -0.39 is 0 Å². The summed E-state index contributed by atoms with van der Waals surface area (Å²) in [6.07, 6.45) is 1.61. The highest BCUT2D eigenvalue weighted by Crippen LogP contribution is 2.19. The minimum Gasteiger partial charge on any atom is -0.347 e. The lowest BCUT2D eigenvalue weighted by atomic mass is 10.1. The molecule has 0 saturated carbocycles. The van der Waals surface area contributed by atoms with Crippen molar-refractivity contribution in [3.63, 3.8) is 0 Å². The van der Waals surface area contributed by atoms with Crippen molar-refractivity contribution in [3.8, 4) is 0 Å². The zero-order chi connectivity index (χ0) is 13.0. The molecular formula is C14H13BrN2O. The summed E-state index contributed by atoms with van der Waals surface area (Å²) in [4.78, 5) is 15.9. The lowest BCUT2D eigenvalue weighted by Crippen LogP contribution is -2.24. The van der Waals surface area contributed by atoms with E-state index >= 15 is 0 Å². The number of pyridine rings is 1. The molecule has 1 amide bonds. The van der Waals surface area contributed by atoms with Crippen LogP contribution in [0, 0.1) is 6.92 Å². The molecule has 0 atom stereocenters. The van der Waals surface area contributed by atoms with Gasteiger partial charge < -0.3 is 5.32 Å². The summed E-state index contributed by atoms with van der Waals surface area (Å²) in [7, 11) is 0. The van der Waals surface area contributed by atoms with Gasteiger partial charge in [-0.2, -0.15) is 0 Å². The quantitative estimate of drug-likeness (QED) is 0.947. The molecule has 2 rings (SSSR count). The van der Waals surface area contributed by atoms with Crippen LogP contribution >= 0.6 is 15.9 Å². The van der Waals surface area contributed by atoms with Gasteiger partial charge in [-0.3, -0.25) is 9.78 Å². The molecule has 0 aliphatic rings. The zero-order valence-electron chi connectivity index (χ0n) is 9.98. The molecule has 1 aromatic carbocycles. The molecule has 4 heteroatoms. The number of nitrogens with one attached hydrogen (secondary N) is 1. The van der Waals surface area contributed by atoms with E-state index in [9.17, 15) is 4.79 Å². The van der Waals surface area contributed by atoms with Gasteiger partial charge in [0.05, 0.1) is 0 Å². The highest BCUT2D eigenvalue weighted by Gasteiger charge is 2.08. The summed E-state index contributed by atoms with van der Waals surface area (Å²) >= 11 is 3.49. The molecule has 0 fully saturated rings. The fraction of sp³-hybridized carbons (Fsp3) is 0.143. The van der Waals surface area contributed by atoms with Gasteiger partial charge in [-0.25, -0.2) is 0 Å². The molecule has 1 aromatic heterocycles. The maximum atomic E-state index is 11.9. The third-order valence-corrected chi connectivity index (χ3v) is 3.42. The van der Waals surface area contributed by atoms with Crippen molar-refractivity contribution in [3.05, 3.63) is 63.9 Å². The SMILES string of the molecule is Cc1cccc(Br)c1CNC(=O)c1ccccn1. The van der Waals surface area contributed by atoms with Gasteiger partial charge in [0.25, 0.3) is 5.91 Å². The molecule has 18 heavy (non-hydrogen) atoms. The second-order valence-electron chi connectivity index (χ2n) is 3.93. The average Bonchev–Trinajstić information content (AvgIpc) is 2.39. The second-order valence-corrected chi connectivity index (χ2v) is 4.79. The maximum Gasteiger partial charge on any atom is 0.270 e. The number of amides is 1. The summed E-state index contributed by atoms with van der Waals surface area (Å²) < 4.78 is 1.00. The fourth-order valence-corrected chi connectivity index (χ4v) is 2.25. The summed E-state index contributed by atoms with van der Waals surface area (Å²) in [5.41, 5.74) is 2.66. The molecule has 0 saturated heterocycles. The van der Waals surface area contributed by atoms with Crippen molar-refractivity contribution < 1.29 is 4.79 Å². The number of halogens is 1. The maximum absolute atomic E-state index is 11.9. The average molecular weight is 305 g/mol. The van der Waals surface area contributed by atoms with E-state index in [1.165, 1.54) is 0 Å². The van der Waals surface area contributed by atoms with Gasteiger partial charge >= 0.3 is 0 Å². The van der Waals surface area contributed by atoms with Gasteiger partial charge in [0.15, 0.2) is 0 Å². The Labute approximate surface area is 114 Å². The number of carbonyl (C=O) groups is 1. The largest absolute Gasteiger partial charge is 0.347 e. The molecular weight excluding hydrogens is 292 g/mol. The molecule has 2 aromatic rings. The Morgan fingerprint density at radius 1 is 1.28 bits per heavy atom. The molecule has 92 valence electrons. The molecule has 1 N–H and O–H groups in total. The van der Waals surface area contributed by atoms with Gasteiger partial charge in [-0.1, -0.05) is 34.1 Å². The topological polar surface area (TPSA) is 42.0 Å². The van der Waals surface area contributed by atoms with E-state index in [1.54, 1.807) is 24.4 Å². The highest BCUT2D eigenvalue weighted by molar-refractivity contribution is 9.10. The monoisotopic (exact) mass is 304 g/mol. The van der Waals surface area contributed by atoms with Gasteiger partial charge in [-0.05, 0) is 36.2 Å². The number of hydrogen-bond donors (Lipinski definition) is 1. The Kier molecular flexibility index (Phi) is 4.10. The Balaban J connectivity index is 2.07. The van der Waals surface area contributed by atoms with E-state index in [-0.39, 0.29) is 5.91 Å². The number of aryl methyl sites for hydroxylation is 1. The number of carbonyl (C=O) groups excluding carboxylic acids is 1. The van der Waals surface area contributed by atoms with E-state index in [4.69, 9.17) is 0 Å². The highest BCUT2D eigenvalue weighted by atomic mass is 79.9. The first-order valence-corrected chi connectivity index (χ1v) is 6.41. The Bertz CT molecular complexity index is 535. The van der Waals surface area contributed by atoms with Crippen molar-refractivity contribution in [1.29, 1.82) is 0 Å².